The van der Waals surface area contributed by atoms with Crippen LogP contribution in [-0.4, -0.2) is 6.10 Å². The second-order valence-corrected chi connectivity index (χ2v) is 7.13. The number of allylic oxidation sites excluding steroid dienone is 1. The molecule has 144 valence electrons. The van der Waals surface area contributed by atoms with Crippen LogP contribution in [0.1, 0.15) is 55.2 Å². The molecule has 0 unspecified atom stereocenters. The lowest BCUT2D eigenvalue weighted by atomic mass is 9.82. The first kappa shape index (κ1) is 19.6. The molecule has 4 heteroatoms. The minimum atomic E-state index is -0.975. The zero-order valence-corrected chi connectivity index (χ0v) is 15.9. The molecule has 27 heavy (non-hydrogen) atoms. The monoisotopic (exact) mass is 372 g/mol. The molecule has 2 aromatic carbocycles. The molecule has 3 rings (SSSR count). The summed E-state index contributed by atoms with van der Waals surface area (Å²) < 4.78 is 39.1. The van der Waals surface area contributed by atoms with E-state index in [0.29, 0.717) is 5.92 Å². The van der Waals surface area contributed by atoms with E-state index in [2.05, 4.69) is 31.2 Å². The van der Waals surface area contributed by atoms with Gasteiger partial charge in [0.2, 0.25) is 5.82 Å². The molecule has 0 N–H and O–H groups in total. The summed E-state index contributed by atoms with van der Waals surface area (Å²) in [4.78, 5) is 0. The summed E-state index contributed by atoms with van der Waals surface area (Å²) in [6.45, 7) is 3.91. The van der Waals surface area contributed by atoms with Crippen molar-refractivity contribution in [1.82, 2.24) is 0 Å². The highest BCUT2D eigenvalue weighted by atomic mass is 19.2. The fraction of sp³-hybridized carbons (Fsp3) is 0.391. The van der Waals surface area contributed by atoms with Crippen LogP contribution in [0, 0.1) is 18.6 Å². The summed E-state index contributed by atoms with van der Waals surface area (Å²) in [5, 5.41) is 0. The predicted octanol–water partition coefficient (Wildman–Crippen LogP) is 6.43. The maximum atomic E-state index is 14.2. The van der Waals surface area contributed by atoms with Crippen LogP contribution in [0.25, 0.3) is 0 Å². The molecule has 1 aliphatic rings. The molecule has 1 fully saturated rings. The lowest BCUT2D eigenvalue weighted by Crippen LogP contribution is -2.21. The molecular formula is C23H26F2O2. The molecule has 1 aliphatic carbocycles. The molecule has 2 nitrogen and oxygen atoms in total. The molecule has 0 saturated heterocycles. The Morgan fingerprint density at radius 3 is 2.33 bits per heavy atom. The van der Waals surface area contributed by atoms with Crippen LogP contribution in [-0.2, 0) is 11.3 Å². The number of benzene rings is 2. The smallest absolute Gasteiger partial charge is 0.201 e. The Hall–Kier alpha value is -2.20. The minimum Gasteiger partial charge on any atom is -0.462 e. The summed E-state index contributed by atoms with van der Waals surface area (Å²) in [5.74, 6) is -1.43. The van der Waals surface area contributed by atoms with Gasteiger partial charge in [-0.05, 0) is 63.1 Å². The van der Waals surface area contributed by atoms with Gasteiger partial charge in [0.05, 0.1) is 19.0 Å². The fourth-order valence-electron chi connectivity index (χ4n) is 3.52. The topological polar surface area (TPSA) is 18.5 Å². The standard InChI is InChI=1S/C23H26F2O2/c1-3-14-26-21-13-10-19(22(24)23(21)25)15-27-20-11-8-18(9-12-20)17-6-4-16(2)5-7-17/h3-7,10,13-14,18,20H,8-9,11-12,15H2,1-2H3/b14-3+. The predicted molar refractivity (Wildman–Crippen MR) is 103 cm³/mol. The average molecular weight is 372 g/mol. The van der Waals surface area contributed by atoms with E-state index < -0.39 is 11.6 Å². The van der Waals surface area contributed by atoms with E-state index in [0.717, 1.165) is 25.7 Å². The molecule has 0 amide bonds. The Kier molecular flexibility index (Phi) is 6.62. The molecule has 1 saturated carbocycles. The van der Waals surface area contributed by atoms with Gasteiger partial charge < -0.3 is 9.47 Å². The van der Waals surface area contributed by atoms with Gasteiger partial charge in [-0.3, -0.25) is 0 Å². The van der Waals surface area contributed by atoms with Crippen molar-refractivity contribution in [3.05, 3.63) is 77.1 Å². The molecule has 2 aromatic rings. The van der Waals surface area contributed by atoms with Crippen molar-refractivity contribution in [3.63, 3.8) is 0 Å². The van der Waals surface area contributed by atoms with Crippen molar-refractivity contribution in [2.24, 2.45) is 0 Å². The van der Waals surface area contributed by atoms with Crippen molar-refractivity contribution >= 4 is 0 Å². The maximum absolute atomic E-state index is 14.2. The molecule has 0 aromatic heterocycles. The van der Waals surface area contributed by atoms with E-state index in [1.54, 1.807) is 13.0 Å². The van der Waals surface area contributed by atoms with Gasteiger partial charge in [0.1, 0.15) is 0 Å². The normalized spacial score (nSPS) is 20.1. The summed E-state index contributed by atoms with van der Waals surface area (Å²) in [7, 11) is 0. The largest absolute Gasteiger partial charge is 0.462 e. The van der Waals surface area contributed by atoms with Crippen LogP contribution in [0.5, 0.6) is 5.75 Å². The van der Waals surface area contributed by atoms with Gasteiger partial charge in [0.25, 0.3) is 0 Å². The van der Waals surface area contributed by atoms with E-state index in [1.807, 2.05) is 0 Å². The van der Waals surface area contributed by atoms with Crippen molar-refractivity contribution in [2.75, 3.05) is 0 Å². The zero-order valence-electron chi connectivity index (χ0n) is 15.9. The van der Waals surface area contributed by atoms with E-state index in [-0.39, 0.29) is 24.0 Å². The van der Waals surface area contributed by atoms with E-state index in [4.69, 9.17) is 9.47 Å². The van der Waals surface area contributed by atoms with Crippen LogP contribution in [0.4, 0.5) is 8.78 Å². The van der Waals surface area contributed by atoms with Crippen molar-refractivity contribution in [3.8, 4) is 5.75 Å². The summed E-state index contributed by atoms with van der Waals surface area (Å²) in [6.07, 6.45) is 7.01. The molecule has 0 atom stereocenters. The average Bonchev–Trinajstić information content (AvgIpc) is 2.69. The fourth-order valence-corrected chi connectivity index (χ4v) is 3.52. The van der Waals surface area contributed by atoms with Crippen molar-refractivity contribution < 1.29 is 18.3 Å². The first-order valence-corrected chi connectivity index (χ1v) is 9.51. The summed E-state index contributed by atoms with van der Waals surface area (Å²) in [6, 6.07) is 11.7. The molecule has 0 heterocycles. The third-order valence-electron chi connectivity index (χ3n) is 5.16. The Labute approximate surface area is 159 Å². The first-order chi connectivity index (χ1) is 13.1. The second-order valence-electron chi connectivity index (χ2n) is 7.13. The summed E-state index contributed by atoms with van der Waals surface area (Å²) >= 11 is 0. The number of hydrogen-bond donors (Lipinski definition) is 0. The van der Waals surface area contributed by atoms with E-state index >= 15 is 0 Å². The molecule has 0 radical (unpaired) electrons. The Morgan fingerprint density at radius 2 is 1.67 bits per heavy atom. The Balaban J connectivity index is 1.53. The van der Waals surface area contributed by atoms with Crippen LogP contribution >= 0.6 is 0 Å². The SMILES string of the molecule is C/C=C/Oc1ccc(COC2CCC(c3ccc(C)cc3)CC2)c(F)c1F. The number of aryl methyl sites for hydroxylation is 1. The second kappa shape index (κ2) is 9.14. The minimum absolute atomic E-state index is 0.0759. The third kappa shape index (κ3) is 4.95. The van der Waals surface area contributed by atoms with Crippen LogP contribution < -0.4 is 4.74 Å². The quantitative estimate of drug-likeness (QED) is 0.544. The molecule has 0 bridgehead atoms. The van der Waals surface area contributed by atoms with Gasteiger partial charge in [0.15, 0.2) is 11.6 Å². The van der Waals surface area contributed by atoms with Gasteiger partial charge in [-0.25, -0.2) is 4.39 Å². The van der Waals surface area contributed by atoms with E-state index in [9.17, 15) is 8.78 Å². The summed E-state index contributed by atoms with van der Waals surface area (Å²) in [5.41, 5.74) is 2.87. The van der Waals surface area contributed by atoms with Crippen LogP contribution in [0.3, 0.4) is 0 Å². The van der Waals surface area contributed by atoms with Crippen LogP contribution in [0.2, 0.25) is 0 Å². The van der Waals surface area contributed by atoms with Crippen molar-refractivity contribution in [1.29, 1.82) is 0 Å². The number of rotatable bonds is 6. The van der Waals surface area contributed by atoms with E-state index in [1.165, 1.54) is 29.5 Å². The van der Waals surface area contributed by atoms with Gasteiger partial charge >= 0.3 is 0 Å². The highest BCUT2D eigenvalue weighted by Crippen LogP contribution is 2.34. The Bertz CT molecular complexity index is 776. The lowest BCUT2D eigenvalue weighted by molar-refractivity contribution is 0.0118. The molecular weight excluding hydrogens is 346 g/mol. The highest BCUT2D eigenvalue weighted by molar-refractivity contribution is 5.31. The van der Waals surface area contributed by atoms with Gasteiger partial charge in [0, 0.05) is 5.56 Å². The molecule has 0 aliphatic heterocycles. The number of ether oxygens (including phenoxy) is 2. The third-order valence-corrected chi connectivity index (χ3v) is 5.16. The zero-order chi connectivity index (χ0) is 19.2. The maximum Gasteiger partial charge on any atom is 0.201 e. The number of hydrogen-bond acceptors (Lipinski definition) is 2. The Morgan fingerprint density at radius 1 is 0.963 bits per heavy atom. The van der Waals surface area contributed by atoms with Crippen molar-refractivity contribution in [2.45, 2.75) is 58.2 Å². The van der Waals surface area contributed by atoms with Gasteiger partial charge in [-0.2, -0.15) is 4.39 Å². The highest BCUT2D eigenvalue weighted by Gasteiger charge is 2.23. The van der Waals surface area contributed by atoms with Crippen LogP contribution in [0.15, 0.2) is 48.7 Å². The first-order valence-electron chi connectivity index (χ1n) is 9.51. The lowest BCUT2D eigenvalue weighted by Gasteiger charge is -2.29. The molecule has 0 spiro atoms. The van der Waals surface area contributed by atoms with Gasteiger partial charge in [-0.1, -0.05) is 35.9 Å². The van der Waals surface area contributed by atoms with Gasteiger partial charge in [-0.15, -0.1) is 0 Å². The number of halogens is 2.